The van der Waals surface area contributed by atoms with Crippen molar-refractivity contribution >= 4 is 11.7 Å². The van der Waals surface area contributed by atoms with Crippen LogP contribution >= 0.6 is 0 Å². The Kier molecular flexibility index (Phi) is 6.69. The Balaban J connectivity index is 2.30. The van der Waals surface area contributed by atoms with Gasteiger partial charge in [-0.05, 0) is 37.6 Å². The van der Waals surface area contributed by atoms with E-state index >= 15 is 0 Å². The van der Waals surface area contributed by atoms with Crippen molar-refractivity contribution in [3.05, 3.63) is 24.3 Å². The molecule has 0 unspecified atom stereocenters. The lowest BCUT2D eigenvalue weighted by Crippen LogP contribution is -2.29. The van der Waals surface area contributed by atoms with Crippen LogP contribution in [0, 0.1) is 0 Å². The van der Waals surface area contributed by atoms with Gasteiger partial charge in [-0.3, -0.25) is 0 Å². The summed E-state index contributed by atoms with van der Waals surface area (Å²) in [5.74, 6) is 0.811. The summed E-state index contributed by atoms with van der Waals surface area (Å²) in [6.45, 7) is 5.44. The molecule has 4 nitrogen and oxygen atoms in total. The quantitative estimate of drug-likeness (QED) is 0.729. The number of hydrogen-bond donors (Lipinski definition) is 2. The topological polar surface area (TPSA) is 50.4 Å². The predicted octanol–water partition coefficient (Wildman–Crippen LogP) is 3.40. The van der Waals surface area contributed by atoms with E-state index in [1.165, 1.54) is 0 Å². The Morgan fingerprint density at radius 1 is 1.17 bits per heavy atom. The molecule has 0 saturated carbocycles. The van der Waals surface area contributed by atoms with Gasteiger partial charge < -0.3 is 15.4 Å². The minimum atomic E-state index is -0.157. The fraction of sp³-hybridized carbons (Fsp3) is 0.500. The minimum Gasteiger partial charge on any atom is -0.494 e. The molecule has 2 amide bonds. The van der Waals surface area contributed by atoms with Crippen molar-refractivity contribution in [2.24, 2.45) is 0 Å². The highest BCUT2D eigenvalue weighted by atomic mass is 16.5. The van der Waals surface area contributed by atoms with Gasteiger partial charge in [0.25, 0.3) is 0 Å². The third kappa shape index (κ3) is 5.57. The van der Waals surface area contributed by atoms with Crippen LogP contribution in [0.4, 0.5) is 10.5 Å². The van der Waals surface area contributed by atoms with Gasteiger partial charge in [-0.15, -0.1) is 0 Å². The summed E-state index contributed by atoms with van der Waals surface area (Å²) in [6, 6.07) is 7.19. The molecule has 4 heteroatoms. The molecule has 2 N–H and O–H groups in total. The zero-order valence-electron chi connectivity index (χ0n) is 11.2. The molecule has 0 aliphatic heterocycles. The van der Waals surface area contributed by atoms with E-state index in [-0.39, 0.29) is 6.03 Å². The number of urea groups is 1. The number of ether oxygens (including phenoxy) is 1. The average molecular weight is 250 g/mol. The summed E-state index contributed by atoms with van der Waals surface area (Å²) in [6.07, 6.45) is 3.32. The fourth-order valence-corrected chi connectivity index (χ4v) is 1.55. The zero-order chi connectivity index (χ0) is 13.2. The zero-order valence-corrected chi connectivity index (χ0v) is 11.2. The minimum absolute atomic E-state index is 0.157. The highest BCUT2D eigenvalue weighted by Crippen LogP contribution is 2.15. The monoisotopic (exact) mass is 250 g/mol. The molecule has 0 aromatic heterocycles. The molecule has 0 heterocycles. The van der Waals surface area contributed by atoms with Crippen molar-refractivity contribution < 1.29 is 9.53 Å². The summed E-state index contributed by atoms with van der Waals surface area (Å²) in [5, 5.41) is 5.61. The number of carbonyl (C=O) groups is 1. The van der Waals surface area contributed by atoms with E-state index in [9.17, 15) is 4.79 Å². The number of rotatable bonds is 7. The van der Waals surface area contributed by atoms with Crippen molar-refractivity contribution in [2.45, 2.75) is 33.1 Å². The molecule has 100 valence electrons. The second kappa shape index (κ2) is 8.39. The van der Waals surface area contributed by atoms with Crippen molar-refractivity contribution in [3.8, 4) is 5.75 Å². The molecule has 0 bridgehead atoms. The summed E-state index contributed by atoms with van der Waals surface area (Å²) in [4.78, 5) is 11.5. The van der Waals surface area contributed by atoms with E-state index < -0.39 is 0 Å². The Morgan fingerprint density at radius 3 is 2.50 bits per heavy atom. The van der Waals surface area contributed by atoms with Crippen molar-refractivity contribution in [2.75, 3.05) is 18.5 Å². The van der Waals surface area contributed by atoms with Crippen LogP contribution in [0.1, 0.15) is 33.1 Å². The Bertz CT molecular complexity index is 349. The van der Waals surface area contributed by atoms with Crippen molar-refractivity contribution in [1.82, 2.24) is 5.32 Å². The molecule has 0 saturated heterocycles. The number of anilines is 1. The molecule has 1 aromatic carbocycles. The van der Waals surface area contributed by atoms with Gasteiger partial charge in [-0.1, -0.05) is 19.8 Å². The largest absolute Gasteiger partial charge is 0.494 e. The standard InChI is InChI=1S/C14H22N2O2/c1-3-5-6-11-15-14(17)16-12-7-9-13(10-8-12)18-4-2/h7-10H,3-6,11H2,1-2H3,(H2,15,16,17). The van der Waals surface area contributed by atoms with E-state index in [2.05, 4.69) is 17.6 Å². The van der Waals surface area contributed by atoms with Gasteiger partial charge in [0.15, 0.2) is 0 Å². The first-order valence-electron chi connectivity index (χ1n) is 6.54. The smallest absolute Gasteiger partial charge is 0.319 e. The SMILES string of the molecule is CCCCCNC(=O)Nc1ccc(OCC)cc1. The average Bonchev–Trinajstić information content (AvgIpc) is 2.37. The molecule has 1 aromatic rings. The Hall–Kier alpha value is -1.71. The number of unbranched alkanes of at least 4 members (excludes halogenated alkanes) is 2. The van der Waals surface area contributed by atoms with E-state index in [1.807, 2.05) is 31.2 Å². The van der Waals surface area contributed by atoms with Crippen LogP contribution in [0.2, 0.25) is 0 Å². The van der Waals surface area contributed by atoms with Crippen LogP contribution in [0.5, 0.6) is 5.75 Å². The highest BCUT2D eigenvalue weighted by molar-refractivity contribution is 5.89. The van der Waals surface area contributed by atoms with Crippen LogP contribution in [-0.2, 0) is 0 Å². The summed E-state index contributed by atoms with van der Waals surface area (Å²) in [7, 11) is 0. The Morgan fingerprint density at radius 2 is 1.89 bits per heavy atom. The molecule has 0 atom stereocenters. The molecule has 1 rings (SSSR count). The summed E-state index contributed by atoms with van der Waals surface area (Å²) < 4.78 is 5.33. The van der Waals surface area contributed by atoms with Gasteiger partial charge in [0, 0.05) is 12.2 Å². The molecule has 0 spiro atoms. The first kappa shape index (κ1) is 14.4. The van der Waals surface area contributed by atoms with Gasteiger partial charge >= 0.3 is 6.03 Å². The second-order valence-electron chi connectivity index (χ2n) is 4.05. The molecule has 0 fully saturated rings. The number of hydrogen-bond acceptors (Lipinski definition) is 2. The number of nitrogens with one attached hydrogen (secondary N) is 2. The predicted molar refractivity (Wildman–Crippen MR) is 74.2 cm³/mol. The number of benzene rings is 1. The van der Waals surface area contributed by atoms with Crippen LogP contribution in [0.25, 0.3) is 0 Å². The fourth-order valence-electron chi connectivity index (χ4n) is 1.55. The van der Waals surface area contributed by atoms with Crippen molar-refractivity contribution in [1.29, 1.82) is 0 Å². The van der Waals surface area contributed by atoms with Crippen LogP contribution in [-0.4, -0.2) is 19.2 Å². The number of amides is 2. The molecular weight excluding hydrogens is 228 g/mol. The lowest BCUT2D eigenvalue weighted by atomic mass is 10.2. The molecular formula is C14H22N2O2. The van der Waals surface area contributed by atoms with Gasteiger partial charge in [0.1, 0.15) is 5.75 Å². The first-order valence-corrected chi connectivity index (χ1v) is 6.54. The maximum absolute atomic E-state index is 11.5. The van der Waals surface area contributed by atoms with E-state index in [0.29, 0.717) is 6.61 Å². The van der Waals surface area contributed by atoms with E-state index in [4.69, 9.17) is 4.74 Å². The van der Waals surface area contributed by atoms with Gasteiger partial charge in [0.05, 0.1) is 6.61 Å². The maximum Gasteiger partial charge on any atom is 0.319 e. The first-order chi connectivity index (χ1) is 8.76. The molecule has 18 heavy (non-hydrogen) atoms. The normalized spacial score (nSPS) is 9.89. The second-order valence-corrected chi connectivity index (χ2v) is 4.05. The van der Waals surface area contributed by atoms with Gasteiger partial charge in [-0.2, -0.15) is 0 Å². The Labute approximate surface area is 109 Å². The van der Waals surface area contributed by atoms with Crippen LogP contribution in [0.15, 0.2) is 24.3 Å². The molecule has 0 radical (unpaired) electrons. The summed E-state index contributed by atoms with van der Waals surface area (Å²) >= 11 is 0. The number of carbonyl (C=O) groups excluding carboxylic acids is 1. The van der Waals surface area contributed by atoms with Crippen LogP contribution in [0.3, 0.4) is 0 Å². The van der Waals surface area contributed by atoms with Crippen molar-refractivity contribution in [3.63, 3.8) is 0 Å². The molecule has 0 aliphatic rings. The van der Waals surface area contributed by atoms with Gasteiger partial charge in [0.2, 0.25) is 0 Å². The third-order valence-electron chi connectivity index (χ3n) is 2.49. The lowest BCUT2D eigenvalue weighted by Gasteiger charge is -2.08. The maximum atomic E-state index is 11.5. The third-order valence-corrected chi connectivity index (χ3v) is 2.49. The van der Waals surface area contributed by atoms with Gasteiger partial charge in [-0.25, -0.2) is 4.79 Å². The van der Waals surface area contributed by atoms with E-state index in [1.54, 1.807) is 0 Å². The molecule has 0 aliphatic carbocycles. The summed E-state index contributed by atoms with van der Waals surface area (Å²) in [5.41, 5.74) is 0.770. The lowest BCUT2D eigenvalue weighted by molar-refractivity contribution is 0.252. The highest BCUT2D eigenvalue weighted by Gasteiger charge is 2.00. The van der Waals surface area contributed by atoms with Crippen LogP contribution < -0.4 is 15.4 Å². The van der Waals surface area contributed by atoms with E-state index in [0.717, 1.165) is 37.2 Å².